The van der Waals surface area contributed by atoms with E-state index >= 15 is 0 Å². The molecule has 0 saturated carbocycles. The van der Waals surface area contributed by atoms with E-state index in [0.29, 0.717) is 11.8 Å². The Balaban J connectivity index is 3.34. The van der Waals surface area contributed by atoms with E-state index < -0.39 is 0 Å². The third kappa shape index (κ3) is 1.93. The van der Waals surface area contributed by atoms with Crippen LogP contribution in [-0.4, -0.2) is 0 Å². The van der Waals surface area contributed by atoms with Gasteiger partial charge in [0, 0.05) is 0 Å². The lowest BCUT2D eigenvalue weighted by Gasteiger charge is -2.06. The summed E-state index contributed by atoms with van der Waals surface area (Å²) >= 11 is 0. The van der Waals surface area contributed by atoms with Crippen molar-refractivity contribution in [3.05, 3.63) is 34.3 Å². The van der Waals surface area contributed by atoms with Crippen molar-refractivity contribution in [3.63, 3.8) is 0 Å². The maximum absolute atomic E-state index is 9.02. The van der Waals surface area contributed by atoms with E-state index in [4.69, 9.17) is 5.39 Å². The largest absolute Gasteiger partial charge is 0.391 e. The lowest BCUT2D eigenvalue weighted by molar-refractivity contribution is 0.840. The van der Waals surface area contributed by atoms with Crippen molar-refractivity contribution in [1.82, 2.24) is 0 Å². The summed E-state index contributed by atoms with van der Waals surface area (Å²) in [6.07, 6.45) is 0. The van der Waals surface area contributed by atoms with E-state index in [1.54, 1.807) is 0 Å². The lowest BCUT2D eigenvalue weighted by atomic mass is 9.93. The zero-order chi connectivity index (χ0) is 10.7. The second-order valence-corrected chi connectivity index (χ2v) is 4.19. The maximum Gasteiger partial charge on any atom is 0.391 e. The smallest absolute Gasteiger partial charge is 0.0611 e. The third-order valence-corrected chi connectivity index (χ3v) is 2.44. The monoisotopic (exact) mass is 189 g/mol. The minimum Gasteiger partial charge on any atom is -0.0611 e. The van der Waals surface area contributed by atoms with Gasteiger partial charge in [-0.05, 0) is 11.8 Å². The van der Waals surface area contributed by atoms with Gasteiger partial charge in [0.1, 0.15) is 0 Å². The van der Waals surface area contributed by atoms with E-state index in [1.807, 2.05) is 18.2 Å². The van der Waals surface area contributed by atoms with Gasteiger partial charge in [-0.15, -0.1) is 0 Å². The van der Waals surface area contributed by atoms with Crippen LogP contribution in [0.4, 0.5) is 5.69 Å². The Labute approximate surface area is 85.6 Å². The number of diazo groups is 1. The van der Waals surface area contributed by atoms with Gasteiger partial charge in [-0.1, -0.05) is 45.9 Å². The topological polar surface area (TPSA) is 28.1 Å². The molecule has 0 amide bonds. The predicted octanol–water partition coefficient (Wildman–Crippen LogP) is 4.42. The fourth-order valence-corrected chi connectivity index (χ4v) is 1.63. The van der Waals surface area contributed by atoms with Crippen molar-refractivity contribution in [1.29, 1.82) is 5.39 Å². The highest BCUT2D eigenvalue weighted by Gasteiger charge is 2.22. The third-order valence-electron chi connectivity index (χ3n) is 2.44. The second kappa shape index (κ2) is 4.23. The number of nitrogens with zero attached hydrogens (tertiary/aromatic N) is 2. The molecule has 0 saturated heterocycles. The van der Waals surface area contributed by atoms with Crippen LogP contribution in [0.5, 0.6) is 0 Å². The van der Waals surface area contributed by atoms with Crippen molar-refractivity contribution >= 4 is 5.69 Å². The van der Waals surface area contributed by atoms with Gasteiger partial charge in [0.05, 0.1) is 11.1 Å². The predicted molar refractivity (Wildman–Crippen MR) is 59.4 cm³/mol. The SMILES string of the molecule is CC(C)c1cccc(C(C)C)c1[N+]#N. The molecule has 2 nitrogen and oxygen atoms in total. The highest BCUT2D eigenvalue weighted by atomic mass is 14.9. The molecule has 0 aliphatic rings. The second-order valence-electron chi connectivity index (χ2n) is 4.19. The molecule has 0 N–H and O–H groups in total. The Morgan fingerprint density at radius 3 is 1.71 bits per heavy atom. The molecule has 1 aromatic carbocycles. The molecule has 1 rings (SSSR count). The zero-order valence-corrected chi connectivity index (χ0v) is 9.28. The Morgan fingerprint density at radius 1 is 1.00 bits per heavy atom. The summed E-state index contributed by atoms with van der Waals surface area (Å²) in [5.41, 5.74) is 2.97. The Kier molecular flexibility index (Phi) is 3.24. The van der Waals surface area contributed by atoms with Gasteiger partial charge in [-0.3, -0.25) is 0 Å². The molecule has 0 atom stereocenters. The first-order valence-electron chi connectivity index (χ1n) is 5.05. The van der Waals surface area contributed by atoms with Gasteiger partial charge in [0.25, 0.3) is 0 Å². The summed E-state index contributed by atoms with van der Waals surface area (Å²) in [6, 6.07) is 6.07. The van der Waals surface area contributed by atoms with Crippen LogP contribution >= 0.6 is 0 Å². The summed E-state index contributed by atoms with van der Waals surface area (Å²) < 4.78 is 0. The van der Waals surface area contributed by atoms with E-state index in [9.17, 15) is 0 Å². The first-order valence-corrected chi connectivity index (χ1v) is 5.05. The first kappa shape index (κ1) is 10.7. The van der Waals surface area contributed by atoms with Crippen LogP contribution in [0, 0.1) is 5.39 Å². The summed E-state index contributed by atoms with van der Waals surface area (Å²) in [5.74, 6) is 0.777. The minimum atomic E-state index is 0.389. The quantitative estimate of drug-likeness (QED) is 0.633. The molecule has 0 bridgehead atoms. The summed E-state index contributed by atoms with van der Waals surface area (Å²) in [6.45, 7) is 8.42. The number of rotatable bonds is 2. The van der Waals surface area contributed by atoms with Gasteiger partial charge in [-0.2, -0.15) is 0 Å². The zero-order valence-electron chi connectivity index (χ0n) is 9.28. The molecule has 0 fully saturated rings. The van der Waals surface area contributed by atoms with Crippen LogP contribution in [0.1, 0.15) is 50.7 Å². The summed E-state index contributed by atoms with van der Waals surface area (Å²) in [4.78, 5) is 3.41. The summed E-state index contributed by atoms with van der Waals surface area (Å²) in [7, 11) is 0. The van der Waals surface area contributed by atoms with E-state index in [2.05, 4.69) is 32.7 Å². The van der Waals surface area contributed by atoms with Crippen LogP contribution in [0.25, 0.3) is 4.98 Å². The molecular weight excluding hydrogens is 172 g/mol. The Bertz CT molecular complexity index is 333. The van der Waals surface area contributed by atoms with Gasteiger partial charge < -0.3 is 0 Å². The van der Waals surface area contributed by atoms with Crippen molar-refractivity contribution in [2.75, 3.05) is 0 Å². The number of hydrogen-bond acceptors (Lipinski definition) is 1. The van der Waals surface area contributed by atoms with E-state index in [-0.39, 0.29) is 0 Å². The van der Waals surface area contributed by atoms with Crippen molar-refractivity contribution in [2.45, 2.75) is 39.5 Å². The normalized spacial score (nSPS) is 10.6. The van der Waals surface area contributed by atoms with Crippen LogP contribution < -0.4 is 0 Å². The Morgan fingerprint density at radius 2 is 1.43 bits per heavy atom. The van der Waals surface area contributed by atoms with Crippen molar-refractivity contribution in [3.8, 4) is 0 Å². The molecule has 0 radical (unpaired) electrons. The standard InChI is InChI=1S/C12H17N2/c1-8(2)10-6-5-7-11(9(3)4)12(10)14-13/h5-9H,1-4H3/q+1. The summed E-state index contributed by atoms with van der Waals surface area (Å²) in [5, 5.41) is 9.02. The molecule has 74 valence electrons. The van der Waals surface area contributed by atoms with Gasteiger partial charge >= 0.3 is 5.69 Å². The molecule has 2 heteroatoms. The highest BCUT2D eigenvalue weighted by molar-refractivity contribution is 5.60. The van der Waals surface area contributed by atoms with Crippen LogP contribution in [0.2, 0.25) is 0 Å². The van der Waals surface area contributed by atoms with Crippen LogP contribution in [0.3, 0.4) is 0 Å². The van der Waals surface area contributed by atoms with Crippen molar-refractivity contribution < 1.29 is 0 Å². The molecular formula is C12H17N2+. The molecule has 0 aliphatic heterocycles. The molecule has 0 unspecified atom stereocenters. The van der Waals surface area contributed by atoms with E-state index in [1.165, 1.54) is 0 Å². The highest BCUT2D eigenvalue weighted by Crippen LogP contribution is 2.34. The molecule has 0 spiro atoms. The van der Waals surface area contributed by atoms with Gasteiger partial charge in [0.2, 0.25) is 5.39 Å². The molecule has 0 aromatic heterocycles. The van der Waals surface area contributed by atoms with Gasteiger partial charge in [-0.25, -0.2) is 0 Å². The molecule has 14 heavy (non-hydrogen) atoms. The van der Waals surface area contributed by atoms with Crippen molar-refractivity contribution in [2.24, 2.45) is 0 Å². The fourth-order valence-electron chi connectivity index (χ4n) is 1.63. The average molecular weight is 189 g/mol. The average Bonchev–Trinajstić information content (AvgIpc) is 2.16. The maximum atomic E-state index is 9.02. The number of hydrogen-bond donors (Lipinski definition) is 0. The molecule has 1 aromatic rings. The molecule has 0 aliphatic carbocycles. The fraction of sp³-hybridized carbons (Fsp3) is 0.500. The molecule has 0 heterocycles. The van der Waals surface area contributed by atoms with Gasteiger partial charge in [0.15, 0.2) is 4.98 Å². The number of benzene rings is 1. The van der Waals surface area contributed by atoms with Crippen LogP contribution in [0.15, 0.2) is 18.2 Å². The minimum absolute atomic E-state index is 0.389. The Hall–Kier alpha value is -1.36. The first-order chi connectivity index (χ1) is 6.57. The van der Waals surface area contributed by atoms with E-state index in [0.717, 1.165) is 16.8 Å². The van der Waals surface area contributed by atoms with Crippen LogP contribution in [-0.2, 0) is 0 Å². The lowest BCUT2D eigenvalue weighted by Crippen LogP contribution is -1.93.